The van der Waals surface area contributed by atoms with Gasteiger partial charge in [-0.05, 0) is 0 Å². The predicted molar refractivity (Wildman–Crippen MR) is 17.1 cm³/mol. The Morgan fingerprint density at radius 1 is 1.80 bits per heavy atom. The Hall–Kier alpha value is 1.29. The van der Waals surface area contributed by atoms with Crippen molar-refractivity contribution in [2.45, 2.75) is 0 Å². The molecule has 0 fully saturated rings. The van der Waals surface area contributed by atoms with E-state index in [4.69, 9.17) is 4.89 Å². The smallest absolute Gasteiger partial charge is 0.186 e. The molecular formula is CH5O2PY. The van der Waals surface area contributed by atoms with Gasteiger partial charge in [-0.15, -0.1) is 0 Å². The SMILES string of the molecule is C[PH](=O)O.[Y]. The molecule has 1 radical (unpaired) electrons. The van der Waals surface area contributed by atoms with E-state index in [1.165, 1.54) is 6.66 Å². The molecule has 4 heteroatoms. The first kappa shape index (κ1) is 9.57. The van der Waals surface area contributed by atoms with E-state index in [9.17, 15) is 4.57 Å². The van der Waals surface area contributed by atoms with E-state index >= 15 is 0 Å². The van der Waals surface area contributed by atoms with E-state index in [1.807, 2.05) is 0 Å². The first-order chi connectivity index (χ1) is 1.73. The van der Waals surface area contributed by atoms with E-state index in [0.717, 1.165) is 0 Å². The summed E-state index contributed by atoms with van der Waals surface area (Å²) in [5.74, 6) is 0. The van der Waals surface area contributed by atoms with Crippen LogP contribution in [0.25, 0.3) is 0 Å². The van der Waals surface area contributed by atoms with E-state index in [-0.39, 0.29) is 32.7 Å². The van der Waals surface area contributed by atoms with Gasteiger partial charge in [-0.1, -0.05) is 0 Å². The summed E-state index contributed by atoms with van der Waals surface area (Å²) in [5, 5.41) is 0. The Labute approximate surface area is 56.7 Å². The summed E-state index contributed by atoms with van der Waals surface area (Å²) in [6.07, 6.45) is 0. The van der Waals surface area contributed by atoms with Crippen LogP contribution in [0, 0.1) is 0 Å². The fourth-order valence-corrected chi connectivity index (χ4v) is 0. The average molecular weight is 169 g/mol. The normalized spacial score (nSPS) is 12.4. The summed E-state index contributed by atoms with van der Waals surface area (Å²) < 4.78 is 9.19. The molecule has 0 saturated heterocycles. The first-order valence-electron chi connectivity index (χ1n) is 0.928. The van der Waals surface area contributed by atoms with Crippen LogP contribution in [-0.2, 0) is 37.3 Å². The third-order valence-corrected chi connectivity index (χ3v) is 0. The van der Waals surface area contributed by atoms with Gasteiger partial charge in [-0.3, -0.25) is 4.57 Å². The molecule has 0 rings (SSSR count). The Morgan fingerprint density at radius 3 is 1.80 bits per heavy atom. The molecule has 0 spiro atoms. The zero-order valence-electron chi connectivity index (χ0n) is 2.93. The molecule has 5 heavy (non-hydrogen) atoms. The fraction of sp³-hybridized carbons (Fsp3) is 1.00. The summed E-state index contributed by atoms with van der Waals surface area (Å²) in [6, 6.07) is 0. The van der Waals surface area contributed by atoms with Crippen LogP contribution in [0.15, 0.2) is 0 Å². The second kappa shape index (κ2) is 5.29. The number of rotatable bonds is 0. The van der Waals surface area contributed by atoms with Crippen molar-refractivity contribution in [3.63, 3.8) is 0 Å². The maximum absolute atomic E-state index is 9.19. The molecule has 0 aliphatic heterocycles. The molecule has 0 aliphatic rings. The summed E-state index contributed by atoms with van der Waals surface area (Å²) in [5.41, 5.74) is 0. The summed E-state index contributed by atoms with van der Waals surface area (Å²) in [4.78, 5) is 7.60. The minimum Gasteiger partial charge on any atom is -0.346 e. The van der Waals surface area contributed by atoms with Crippen molar-refractivity contribution in [3.05, 3.63) is 0 Å². The van der Waals surface area contributed by atoms with Crippen LogP contribution in [-0.4, -0.2) is 11.6 Å². The van der Waals surface area contributed by atoms with Crippen LogP contribution in [0.2, 0.25) is 0 Å². The van der Waals surface area contributed by atoms with Gasteiger partial charge in [0.2, 0.25) is 0 Å². The molecule has 1 unspecified atom stereocenters. The number of hydrogen-bond donors (Lipinski definition) is 1. The van der Waals surface area contributed by atoms with Crippen molar-refractivity contribution in [1.82, 2.24) is 0 Å². The van der Waals surface area contributed by atoms with Crippen molar-refractivity contribution in [1.29, 1.82) is 0 Å². The van der Waals surface area contributed by atoms with Gasteiger partial charge in [0.25, 0.3) is 0 Å². The monoisotopic (exact) mass is 169 g/mol. The van der Waals surface area contributed by atoms with Gasteiger partial charge in [-0.25, -0.2) is 0 Å². The van der Waals surface area contributed by atoms with Gasteiger partial charge in [0, 0.05) is 39.4 Å². The van der Waals surface area contributed by atoms with Gasteiger partial charge < -0.3 is 4.89 Å². The molecular weight excluding hydrogens is 164 g/mol. The van der Waals surface area contributed by atoms with Crippen LogP contribution in [0.3, 0.4) is 0 Å². The molecule has 1 N–H and O–H groups in total. The van der Waals surface area contributed by atoms with Gasteiger partial charge in [0.1, 0.15) is 0 Å². The van der Waals surface area contributed by atoms with Gasteiger partial charge in [-0.2, -0.15) is 0 Å². The quantitative estimate of drug-likeness (QED) is 0.521. The molecule has 0 aromatic carbocycles. The van der Waals surface area contributed by atoms with Crippen LogP contribution in [0.5, 0.6) is 0 Å². The van der Waals surface area contributed by atoms with E-state index in [0.29, 0.717) is 0 Å². The molecule has 0 aliphatic carbocycles. The predicted octanol–water partition coefficient (Wildman–Crippen LogP) is 0.0807. The van der Waals surface area contributed by atoms with Gasteiger partial charge >= 0.3 is 0 Å². The molecule has 2 nitrogen and oxygen atoms in total. The molecule has 0 heterocycles. The Bertz CT molecular complexity index is 32.6. The Kier molecular flexibility index (Phi) is 10.1. The molecule has 0 bridgehead atoms. The molecule has 0 amide bonds. The van der Waals surface area contributed by atoms with Gasteiger partial charge in [0.15, 0.2) is 8.03 Å². The van der Waals surface area contributed by atoms with Gasteiger partial charge in [0.05, 0.1) is 0 Å². The van der Waals surface area contributed by atoms with Crippen molar-refractivity contribution < 1.29 is 42.2 Å². The standard InChI is InChI=1S/CH5O2P.Y/c1-4(2)3;/h4H,1H3,(H,2,3);. The Balaban J connectivity index is 0. The zero-order valence-corrected chi connectivity index (χ0v) is 6.77. The van der Waals surface area contributed by atoms with Crippen molar-refractivity contribution in [2.24, 2.45) is 0 Å². The van der Waals surface area contributed by atoms with E-state index < -0.39 is 8.03 Å². The zero-order chi connectivity index (χ0) is 3.58. The number of hydrogen-bond acceptors (Lipinski definition) is 1. The average Bonchev–Trinajstić information content (AvgIpc) is 0.811. The van der Waals surface area contributed by atoms with E-state index in [1.54, 1.807) is 0 Å². The molecule has 0 aromatic heterocycles. The largest absolute Gasteiger partial charge is 0.346 e. The molecule has 29 valence electrons. The topological polar surface area (TPSA) is 37.3 Å². The van der Waals surface area contributed by atoms with Crippen molar-refractivity contribution in [3.8, 4) is 0 Å². The summed E-state index contributed by atoms with van der Waals surface area (Å²) >= 11 is 0. The van der Waals surface area contributed by atoms with Crippen LogP contribution in [0.1, 0.15) is 0 Å². The second-order valence-corrected chi connectivity index (χ2v) is 1.56. The van der Waals surface area contributed by atoms with Crippen molar-refractivity contribution in [2.75, 3.05) is 6.66 Å². The van der Waals surface area contributed by atoms with Crippen LogP contribution >= 0.6 is 8.03 Å². The third kappa shape index (κ3) is 34.3. The second-order valence-electron chi connectivity index (χ2n) is 0.519. The Morgan fingerprint density at radius 2 is 1.80 bits per heavy atom. The fourth-order valence-electron chi connectivity index (χ4n) is 0. The summed E-state index contributed by atoms with van der Waals surface area (Å²) in [6.45, 7) is 1.27. The van der Waals surface area contributed by atoms with E-state index in [2.05, 4.69) is 0 Å². The summed E-state index contributed by atoms with van der Waals surface area (Å²) in [7, 11) is -2.13. The molecule has 1 atom stereocenters. The van der Waals surface area contributed by atoms with Crippen molar-refractivity contribution >= 4 is 8.03 Å². The first-order valence-corrected chi connectivity index (χ1v) is 2.78. The van der Waals surface area contributed by atoms with Crippen LogP contribution < -0.4 is 0 Å². The minimum atomic E-state index is -2.13. The maximum Gasteiger partial charge on any atom is 0.186 e. The molecule has 0 aromatic rings. The van der Waals surface area contributed by atoms with Crippen LogP contribution in [0.4, 0.5) is 0 Å². The third-order valence-electron chi connectivity index (χ3n) is 0. The maximum atomic E-state index is 9.19. The molecule has 0 saturated carbocycles. The minimum absolute atomic E-state index is 0.